The molecule has 9 heteroatoms. The number of hydrogen-bond donors (Lipinski definition) is 2. The van der Waals surface area contributed by atoms with Crippen molar-refractivity contribution in [2.24, 2.45) is 0 Å². The Labute approximate surface area is 316 Å². The van der Waals surface area contributed by atoms with Crippen molar-refractivity contribution in [3.63, 3.8) is 0 Å². The van der Waals surface area contributed by atoms with Gasteiger partial charge < -0.3 is 28.8 Å². The van der Waals surface area contributed by atoms with Gasteiger partial charge in [0.15, 0.2) is 0 Å². The van der Waals surface area contributed by atoms with Gasteiger partial charge in [0.2, 0.25) is 5.91 Å². The molecule has 8 nitrogen and oxygen atoms in total. The smallest absolute Gasteiger partial charge is 0.268 e. The number of nitrogens with zero attached hydrogens (tertiary/aromatic N) is 1. The zero-order valence-corrected chi connectivity index (χ0v) is 35.2. The summed E-state index contributed by atoms with van der Waals surface area (Å²) in [6.07, 6.45) is 38.2. The Kier molecular flexibility index (Phi) is 34.5. The fraction of sp³-hybridized carbons (Fsp3) is 0.929. The lowest BCUT2D eigenvalue weighted by Crippen LogP contribution is -2.45. The molecule has 0 aliphatic heterocycles. The first-order valence-electron chi connectivity index (χ1n) is 21.6. The van der Waals surface area contributed by atoms with Crippen LogP contribution < -0.4 is 10.2 Å². The van der Waals surface area contributed by atoms with Gasteiger partial charge in [-0.05, 0) is 19.3 Å². The third-order valence-corrected chi connectivity index (χ3v) is 10.7. The summed E-state index contributed by atoms with van der Waals surface area (Å²) in [5.41, 5.74) is 0. The van der Waals surface area contributed by atoms with Gasteiger partial charge in [0.05, 0.1) is 39.9 Å². The standard InChI is InChI=1S/C42H85N2O6P/c1-6-8-10-12-14-16-18-20-21-22-24-26-28-30-32-34-36-42(46)43-40(39-50-51(47,48)49-38-37-44(3,4)5)41(45)35-33-31-29-27-25-23-19-17-15-13-11-9-7-2/h33,35,40-41,45H,6-32,34,36-39H2,1-5H3,(H-,43,46,47,48)/b35-33+. The second-order valence-electron chi connectivity index (χ2n) is 16.1. The number of aliphatic hydroxyl groups is 1. The average molecular weight is 745 g/mol. The molecule has 0 rings (SSSR count). The maximum absolute atomic E-state index is 12.8. The summed E-state index contributed by atoms with van der Waals surface area (Å²) in [5.74, 6) is -0.196. The van der Waals surface area contributed by atoms with Crippen molar-refractivity contribution in [1.82, 2.24) is 5.32 Å². The molecule has 0 bridgehead atoms. The zero-order valence-electron chi connectivity index (χ0n) is 34.3. The molecule has 3 unspecified atom stereocenters. The molecule has 0 aromatic rings. The lowest BCUT2D eigenvalue weighted by molar-refractivity contribution is -0.870. The second kappa shape index (κ2) is 35.0. The molecule has 0 saturated carbocycles. The molecule has 2 N–H and O–H groups in total. The molecule has 0 aliphatic rings. The average Bonchev–Trinajstić information content (AvgIpc) is 3.07. The van der Waals surface area contributed by atoms with E-state index in [-0.39, 0.29) is 19.1 Å². The summed E-state index contributed by atoms with van der Waals surface area (Å²) in [6.45, 7) is 4.65. The number of nitrogens with one attached hydrogen (secondary N) is 1. The molecule has 0 radical (unpaired) electrons. The minimum atomic E-state index is -4.58. The molecule has 0 aromatic carbocycles. The molecule has 0 saturated heterocycles. The van der Waals surface area contributed by atoms with E-state index in [0.29, 0.717) is 17.4 Å². The van der Waals surface area contributed by atoms with Crippen LogP contribution >= 0.6 is 7.82 Å². The number of amides is 1. The number of carbonyl (C=O) groups excluding carboxylic acids is 1. The largest absolute Gasteiger partial charge is 0.756 e. The van der Waals surface area contributed by atoms with Gasteiger partial charge in [-0.3, -0.25) is 9.36 Å². The minimum Gasteiger partial charge on any atom is -0.756 e. The van der Waals surface area contributed by atoms with E-state index in [4.69, 9.17) is 9.05 Å². The van der Waals surface area contributed by atoms with Crippen molar-refractivity contribution in [1.29, 1.82) is 0 Å². The van der Waals surface area contributed by atoms with Crippen molar-refractivity contribution in [3.8, 4) is 0 Å². The molecule has 0 aromatic heterocycles. The number of phosphoric acid groups is 1. The number of hydrogen-bond acceptors (Lipinski definition) is 6. The van der Waals surface area contributed by atoms with E-state index in [2.05, 4.69) is 19.2 Å². The first-order valence-corrected chi connectivity index (χ1v) is 23.0. The van der Waals surface area contributed by atoms with Crippen molar-refractivity contribution in [2.75, 3.05) is 40.9 Å². The molecule has 1 amide bonds. The first-order chi connectivity index (χ1) is 24.5. The van der Waals surface area contributed by atoms with Crippen LogP contribution in [-0.4, -0.2) is 68.5 Å². The quantitative estimate of drug-likeness (QED) is 0.0281. The monoisotopic (exact) mass is 745 g/mol. The van der Waals surface area contributed by atoms with Crippen LogP contribution in [0, 0.1) is 0 Å². The van der Waals surface area contributed by atoms with Crippen LogP contribution in [0.2, 0.25) is 0 Å². The van der Waals surface area contributed by atoms with Crippen LogP contribution in [-0.2, 0) is 18.4 Å². The number of aliphatic hydroxyl groups excluding tert-OH is 1. The van der Waals surface area contributed by atoms with Gasteiger partial charge >= 0.3 is 0 Å². The number of quaternary nitrogens is 1. The highest BCUT2D eigenvalue weighted by Gasteiger charge is 2.23. The van der Waals surface area contributed by atoms with Gasteiger partial charge in [0.25, 0.3) is 7.82 Å². The number of likely N-dealkylation sites (N-methyl/N-ethyl adjacent to an activating group) is 1. The molecule has 304 valence electrons. The first kappa shape index (κ1) is 50.2. The van der Waals surface area contributed by atoms with E-state index in [0.717, 1.165) is 38.5 Å². The third kappa shape index (κ3) is 37.4. The van der Waals surface area contributed by atoms with E-state index in [9.17, 15) is 19.4 Å². The van der Waals surface area contributed by atoms with E-state index in [1.807, 2.05) is 27.2 Å². The molecule has 3 atom stereocenters. The third-order valence-electron chi connectivity index (χ3n) is 9.75. The van der Waals surface area contributed by atoms with Crippen molar-refractivity contribution >= 4 is 13.7 Å². The van der Waals surface area contributed by atoms with E-state index >= 15 is 0 Å². The summed E-state index contributed by atoms with van der Waals surface area (Å²) in [5, 5.41) is 13.7. The maximum atomic E-state index is 12.8. The summed E-state index contributed by atoms with van der Waals surface area (Å²) >= 11 is 0. The normalized spacial score (nSPS) is 14.6. The van der Waals surface area contributed by atoms with E-state index < -0.39 is 20.0 Å². The van der Waals surface area contributed by atoms with Crippen LogP contribution in [0.15, 0.2) is 12.2 Å². The SMILES string of the molecule is CCCCCCCCCCCCC/C=C/C(O)C(COP(=O)([O-])OCC[N+](C)(C)C)NC(=O)CCCCCCCCCCCCCCCCCC. The van der Waals surface area contributed by atoms with Gasteiger partial charge in [-0.25, -0.2) is 0 Å². The van der Waals surface area contributed by atoms with Crippen LogP contribution in [0.4, 0.5) is 0 Å². The predicted molar refractivity (Wildman–Crippen MR) is 215 cm³/mol. The minimum absolute atomic E-state index is 0.00196. The van der Waals surface area contributed by atoms with Crippen molar-refractivity contribution < 1.29 is 32.9 Å². The highest BCUT2D eigenvalue weighted by atomic mass is 31.2. The van der Waals surface area contributed by atoms with E-state index in [1.165, 1.54) is 141 Å². The highest BCUT2D eigenvalue weighted by Crippen LogP contribution is 2.38. The zero-order chi connectivity index (χ0) is 37.9. The van der Waals surface area contributed by atoms with Crippen LogP contribution in [0.25, 0.3) is 0 Å². The van der Waals surface area contributed by atoms with Gasteiger partial charge in [0.1, 0.15) is 13.2 Å². The topological polar surface area (TPSA) is 108 Å². The molecule has 0 heterocycles. The predicted octanol–water partition coefficient (Wildman–Crippen LogP) is 10.9. The lowest BCUT2D eigenvalue weighted by atomic mass is 10.0. The van der Waals surface area contributed by atoms with Gasteiger partial charge in [0, 0.05) is 6.42 Å². The number of phosphoric ester groups is 1. The Hall–Kier alpha value is -0.760. The van der Waals surface area contributed by atoms with E-state index in [1.54, 1.807) is 6.08 Å². The van der Waals surface area contributed by atoms with Crippen molar-refractivity contribution in [3.05, 3.63) is 12.2 Å². The van der Waals surface area contributed by atoms with Crippen molar-refractivity contribution in [2.45, 2.75) is 212 Å². The highest BCUT2D eigenvalue weighted by molar-refractivity contribution is 7.45. The van der Waals surface area contributed by atoms with Gasteiger partial charge in [-0.15, -0.1) is 0 Å². The Bertz CT molecular complexity index is 850. The van der Waals surface area contributed by atoms with Gasteiger partial charge in [-0.1, -0.05) is 187 Å². The Morgan fingerprint density at radius 3 is 1.47 bits per heavy atom. The number of unbranched alkanes of at least 4 members (excludes halogenated alkanes) is 26. The summed E-state index contributed by atoms with van der Waals surface area (Å²) in [7, 11) is 1.27. The molecule has 0 spiro atoms. The summed E-state index contributed by atoms with van der Waals surface area (Å²) in [4.78, 5) is 25.2. The fourth-order valence-electron chi connectivity index (χ4n) is 6.27. The Morgan fingerprint density at radius 2 is 1.06 bits per heavy atom. The summed E-state index contributed by atoms with van der Waals surface area (Å²) < 4.78 is 23.2. The number of allylic oxidation sites excluding steroid dienone is 1. The molecular formula is C42H85N2O6P. The molecule has 51 heavy (non-hydrogen) atoms. The Balaban J connectivity index is 4.41. The molecule has 0 fully saturated rings. The van der Waals surface area contributed by atoms with Crippen LogP contribution in [0.3, 0.4) is 0 Å². The number of rotatable bonds is 39. The number of carbonyl (C=O) groups is 1. The Morgan fingerprint density at radius 1 is 0.667 bits per heavy atom. The second-order valence-corrected chi connectivity index (χ2v) is 17.5. The fourth-order valence-corrected chi connectivity index (χ4v) is 6.99. The molecule has 0 aliphatic carbocycles. The van der Waals surface area contributed by atoms with Crippen LogP contribution in [0.5, 0.6) is 0 Å². The summed E-state index contributed by atoms with van der Waals surface area (Å²) in [6, 6.07) is -0.878. The van der Waals surface area contributed by atoms with Gasteiger partial charge in [-0.2, -0.15) is 0 Å². The molecular weight excluding hydrogens is 659 g/mol. The van der Waals surface area contributed by atoms with Crippen LogP contribution in [0.1, 0.15) is 200 Å². The lowest BCUT2D eigenvalue weighted by Gasteiger charge is -2.29. The maximum Gasteiger partial charge on any atom is 0.268 e.